The predicted octanol–water partition coefficient (Wildman–Crippen LogP) is 5.35. The number of anilines is 1. The lowest BCUT2D eigenvalue weighted by Crippen LogP contribution is -2.29. The summed E-state index contributed by atoms with van der Waals surface area (Å²) in [5, 5.41) is 5.62. The summed E-state index contributed by atoms with van der Waals surface area (Å²) in [4.78, 5) is 0.319. The SMILES string of the molecule is CCCCCCc1ccc(S(=O)(=O)NCCNc2cccc3ccccc23)cc1. The predicted molar refractivity (Wildman–Crippen MR) is 122 cm³/mol. The van der Waals surface area contributed by atoms with Gasteiger partial charge in [0.05, 0.1) is 4.90 Å². The van der Waals surface area contributed by atoms with Crippen molar-refractivity contribution >= 4 is 26.5 Å². The highest BCUT2D eigenvalue weighted by molar-refractivity contribution is 7.89. The Labute approximate surface area is 174 Å². The molecule has 0 radical (unpaired) electrons. The molecule has 0 saturated heterocycles. The molecule has 3 aromatic carbocycles. The van der Waals surface area contributed by atoms with E-state index in [1.54, 1.807) is 12.1 Å². The van der Waals surface area contributed by atoms with E-state index in [0.717, 1.165) is 29.3 Å². The van der Waals surface area contributed by atoms with Crippen molar-refractivity contribution in [3.05, 3.63) is 72.3 Å². The fourth-order valence-corrected chi connectivity index (χ4v) is 4.47. The average Bonchev–Trinajstić information content (AvgIpc) is 2.75. The maximum absolute atomic E-state index is 12.5. The third-order valence-corrected chi connectivity index (χ3v) is 6.55. The molecule has 0 aliphatic carbocycles. The summed E-state index contributed by atoms with van der Waals surface area (Å²) in [6.07, 6.45) is 5.85. The van der Waals surface area contributed by atoms with Crippen molar-refractivity contribution in [2.24, 2.45) is 0 Å². The quantitative estimate of drug-likeness (QED) is 0.419. The summed E-state index contributed by atoms with van der Waals surface area (Å²) in [5.74, 6) is 0. The van der Waals surface area contributed by atoms with Crippen molar-refractivity contribution in [2.45, 2.75) is 43.9 Å². The zero-order valence-electron chi connectivity index (χ0n) is 17.0. The Balaban J connectivity index is 1.50. The van der Waals surface area contributed by atoms with E-state index in [-0.39, 0.29) is 0 Å². The first-order valence-corrected chi connectivity index (χ1v) is 11.9. The van der Waals surface area contributed by atoms with E-state index < -0.39 is 10.0 Å². The molecule has 0 bridgehead atoms. The Bertz CT molecular complexity index is 1010. The van der Waals surface area contributed by atoms with Crippen LogP contribution in [0.1, 0.15) is 38.2 Å². The lowest BCUT2D eigenvalue weighted by atomic mass is 10.1. The van der Waals surface area contributed by atoms with Gasteiger partial charge >= 0.3 is 0 Å². The molecule has 0 aromatic heterocycles. The molecule has 4 nitrogen and oxygen atoms in total. The summed E-state index contributed by atoms with van der Waals surface area (Å²) in [7, 11) is -3.49. The molecule has 29 heavy (non-hydrogen) atoms. The van der Waals surface area contributed by atoms with Gasteiger partial charge in [-0.3, -0.25) is 0 Å². The number of hydrogen-bond donors (Lipinski definition) is 2. The molecule has 0 unspecified atom stereocenters. The zero-order valence-corrected chi connectivity index (χ0v) is 17.8. The number of benzene rings is 3. The molecule has 3 rings (SSSR count). The molecule has 0 heterocycles. The molecule has 0 spiro atoms. The van der Waals surface area contributed by atoms with Crippen LogP contribution in [-0.4, -0.2) is 21.5 Å². The van der Waals surface area contributed by atoms with Crippen molar-refractivity contribution in [2.75, 3.05) is 18.4 Å². The molecule has 154 valence electrons. The van der Waals surface area contributed by atoms with Crippen LogP contribution in [-0.2, 0) is 16.4 Å². The van der Waals surface area contributed by atoms with Crippen LogP contribution in [0.25, 0.3) is 10.8 Å². The molecular formula is C24H30N2O2S. The van der Waals surface area contributed by atoms with E-state index in [1.807, 2.05) is 36.4 Å². The Hall–Kier alpha value is -2.37. The number of sulfonamides is 1. The van der Waals surface area contributed by atoms with Crippen LogP contribution in [0.15, 0.2) is 71.6 Å². The molecular weight excluding hydrogens is 380 g/mol. The highest BCUT2D eigenvalue weighted by Gasteiger charge is 2.13. The van der Waals surface area contributed by atoms with E-state index >= 15 is 0 Å². The Morgan fingerprint density at radius 1 is 0.793 bits per heavy atom. The number of nitrogens with one attached hydrogen (secondary N) is 2. The van der Waals surface area contributed by atoms with Crippen molar-refractivity contribution in [3.63, 3.8) is 0 Å². The fourth-order valence-electron chi connectivity index (χ4n) is 3.44. The first-order valence-electron chi connectivity index (χ1n) is 10.4. The first kappa shape index (κ1) is 21.3. The Morgan fingerprint density at radius 2 is 1.55 bits per heavy atom. The van der Waals surface area contributed by atoms with Gasteiger partial charge in [-0.1, -0.05) is 74.7 Å². The van der Waals surface area contributed by atoms with E-state index in [9.17, 15) is 8.42 Å². The average molecular weight is 411 g/mol. The number of unbranched alkanes of at least 4 members (excludes halogenated alkanes) is 3. The second-order valence-electron chi connectivity index (χ2n) is 7.31. The molecule has 0 fully saturated rings. The van der Waals surface area contributed by atoms with Gasteiger partial charge in [0.15, 0.2) is 0 Å². The molecule has 0 saturated carbocycles. The van der Waals surface area contributed by atoms with Gasteiger partial charge in [-0.05, 0) is 42.0 Å². The third-order valence-electron chi connectivity index (χ3n) is 5.07. The van der Waals surface area contributed by atoms with E-state index in [4.69, 9.17) is 0 Å². The summed E-state index contributed by atoms with van der Waals surface area (Å²) >= 11 is 0. The van der Waals surface area contributed by atoms with Crippen LogP contribution in [0.4, 0.5) is 5.69 Å². The van der Waals surface area contributed by atoms with Gasteiger partial charge in [0.2, 0.25) is 10.0 Å². The fraction of sp³-hybridized carbons (Fsp3) is 0.333. The molecule has 0 aliphatic heterocycles. The maximum Gasteiger partial charge on any atom is 0.240 e. The number of hydrogen-bond acceptors (Lipinski definition) is 3. The van der Waals surface area contributed by atoms with Crippen molar-refractivity contribution in [1.29, 1.82) is 0 Å². The normalized spacial score (nSPS) is 11.6. The smallest absolute Gasteiger partial charge is 0.240 e. The molecule has 0 atom stereocenters. The minimum absolute atomic E-state index is 0.319. The van der Waals surface area contributed by atoms with Gasteiger partial charge in [-0.25, -0.2) is 13.1 Å². The van der Waals surface area contributed by atoms with Crippen molar-refractivity contribution < 1.29 is 8.42 Å². The van der Waals surface area contributed by atoms with Crippen molar-refractivity contribution in [1.82, 2.24) is 4.72 Å². The summed E-state index contributed by atoms with van der Waals surface area (Å²) in [6.45, 7) is 3.04. The minimum Gasteiger partial charge on any atom is -0.383 e. The highest BCUT2D eigenvalue weighted by atomic mass is 32.2. The summed E-state index contributed by atoms with van der Waals surface area (Å²) < 4.78 is 27.7. The van der Waals surface area contributed by atoms with Gasteiger partial charge < -0.3 is 5.32 Å². The molecule has 0 amide bonds. The molecule has 3 aromatic rings. The highest BCUT2D eigenvalue weighted by Crippen LogP contribution is 2.22. The van der Waals surface area contributed by atoms with Gasteiger partial charge in [0.25, 0.3) is 0 Å². The van der Waals surface area contributed by atoms with Crippen LogP contribution < -0.4 is 10.0 Å². The maximum atomic E-state index is 12.5. The van der Waals surface area contributed by atoms with Crippen LogP contribution in [0.3, 0.4) is 0 Å². The largest absolute Gasteiger partial charge is 0.383 e. The number of aryl methyl sites for hydroxylation is 1. The lowest BCUT2D eigenvalue weighted by molar-refractivity contribution is 0.583. The van der Waals surface area contributed by atoms with E-state index in [1.165, 1.54) is 24.8 Å². The van der Waals surface area contributed by atoms with Gasteiger partial charge in [-0.15, -0.1) is 0 Å². The Kier molecular flexibility index (Phi) is 7.67. The van der Waals surface area contributed by atoms with Crippen LogP contribution >= 0.6 is 0 Å². The minimum atomic E-state index is -3.49. The van der Waals surface area contributed by atoms with Crippen LogP contribution in [0.5, 0.6) is 0 Å². The molecule has 2 N–H and O–H groups in total. The van der Waals surface area contributed by atoms with E-state index in [2.05, 4.69) is 35.2 Å². The van der Waals surface area contributed by atoms with Gasteiger partial charge in [0, 0.05) is 24.2 Å². The third kappa shape index (κ3) is 6.05. The second kappa shape index (κ2) is 10.4. The zero-order chi connectivity index (χ0) is 20.5. The van der Waals surface area contributed by atoms with E-state index in [0.29, 0.717) is 18.0 Å². The van der Waals surface area contributed by atoms with Crippen molar-refractivity contribution in [3.8, 4) is 0 Å². The standard InChI is InChI=1S/C24H30N2O2S/c1-2-3-4-5-9-20-14-16-22(17-15-20)29(27,28)26-19-18-25-24-13-8-11-21-10-6-7-12-23(21)24/h6-8,10-17,25-26H,2-5,9,18-19H2,1H3. The Morgan fingerprint density at radius 3 is 2.34 bits per heavy atom. The number of rotatable bonds is 11. The summed E-state index contributed by atoms with van der Waals surface area (Å²) in [5.41, 5.74) is 2.20. The van der Waals surface area contributed by atoms with Gasteiger partial charge in [-0.2, -0.15) is 0 Å². The second-order valence-corrected chi connectivity index (χ2v) is 9.07. The topological polar surface area (TPSA) is 58.2 Å². The van der Waals surface area contributed by atoms with Crippen LogP contribution in [0, 0.1) is 0 Å². The number of fused-ring (bicyclic) bond motifs is 1. The first-order chi connectivity index (χ1) is 14.1. The summed E-state index contributed by atoms with van der Waals surface area (Å²) in [6, 6.07) is 21.5. The monoisotopic (exact) mass is 410 g/mol. The molecule has 0 aliphatic rings. The van der Waals surface area contributed by atoms with Gasteiger partial charge in [0.1, 0.15) is 0 Å². The molecule has 5 heteroatoms. The van der Waals surface area contributed by atoms with Crippen LogP contribution in [0.2, 0.25) is 0 Å². The lowest BCUT2D eigenvalue weighted by Gasteiger charge is -2.11.